The molecule has 4 aliphatic rings. The van der Waals surface area contributed by atoms with Crippen LogP contribution in [-0.4, -0.2) is 48.1 Å². The highest BCUT2D eigenvalue weighted by molar-refractivity contribution is 5.98. The van der Waals surface area contributed by atoms with Crippen LogP contribution in [0, 0.1) is 11.8 Å². The summed E-state index contributed by atoms with van der Waals surface area (Å²) in [4.78, 5) is 7.13. The minimum atomic E-state index is -4.10. The van der Waals surface area contributed by atoms with E-state index in [1.54, 1.807) is 0 Å². The number of allylic oxidation sites excluding steroid dienone is 1. The highest BCUT2D eigenvalue weighted by Crippen LogP contribution is 2.44. The predicted molar refractivity (Wildman–Crippen MR) is 78.8 cm³/mol. The molecule has 1 N–H and O–H groups in total. The molecule has 6 atom stereocenters. The van der Waals surface area contributed by atoms with Gasteiger partial charge in [0.05, 0.1) is 12.0 Å². The van der Waals surface area contributed by atoms with E-state index >= 15 is 0 Å². The van der Waals surface area contributed by atoms with Gasteiger partial charge in [0, 0.05) is 24.2 Å². The van der Waals surface area contributed by atoms with Crippen molar-refractivity contribution < 1.29 is 13.2 Å². The molecule has 1 aliphatic carbocycles. The smallest absolute Gasteiger partial charge is 0.292 e. The van der Waals surface area contributed by atoms with Crippen LogP contribution in [0.15, 0.2) is 17.1 Å². The monoisotopic (exact) mass is 313 g/mol. The van der Waals surface area contributed by atoms with Crippen molar-refractivity contribution in [3.63, 3.8) is 0 Å². The first-order valence-electron chi connectivity index (χ1n) is 8.35. The Morgan fingerprint density at radius 3 is 2.86 bits per heavy atom. The maximum atomic E-state index is 13.2. The zero-order valence-electron chi connectivity index (χ0n) is 12.5. The summed E-state index contributed by atoms with van der Waals surface area (Å²) >= 11 is 0. The quantitative estimate of drug-likeness (QED) is 0.806. The second-order valence-corrected chi connectivity index (χ2v) is 7.03. The minimum Gasteiger partial charge on any atom is -0.292 e. The summed E-state index contributed by atoms with van der Waals surface area (Å²) in [7, 11) is 0. The number of nitrogens with zero attached hydrogens (tertiary/aromatic N) is 2. The SMILES string of the molecule is FC(F)(F)[C@@H]1CCCC1C1=NC2N[C@H]3CCCN(C3)C2C=C1. The Labute approximate surface area is 128 Å². The van der Waals surface area contributed by atoms with Crippen molar-refractivity contribution in [3.05, 3.63) is 12.2 Å². The second-order valence-electron chi connectivity index (χ2n) is 7.03. The molecule has 6 heteroatoms. The maximum Gasteiger partial charge on any atom is 0.392 e. The largest absolute Gasteiger partial charge is 0.392 e. The topological polar surface area (TPSA) is 27.6 Å². The average Bonchev–Trinajstić information content (AvgIpc) is 2.96. The first-order chi connectivity index (χ1) is 10.5. The van der Waals surface area contributed by atoms with Gasteiger partial charge in [0.25, 0.3) is 0 Å². The summed E-state index contributed by atoms with van der Waals surface area (Å²) in [6.45, 7) is 2.11. The first kappa shape index (κ1) is 14.7. The van der Waals surface area contributed by atoms with Gasteiger partial charge >= 0.3 is 6.18 Å². The standard InChI is InChI=1S/C16H22F3N3/c17-16(18,19)12-5-1-4-11(12)13-6-7-14-15(21-13)20-10-3-2-8-22(14)9-10/h6-7,10-12,14-15,20H,1-5,8-9H2/t10-,11?,12+,14?,15?/m0/s1. The molecule has 0 aromatic carbocycles. The molecule has 3 aliphatic heterocycles. The van der Waals surface area contributed by atoms with Crippen LogP contribution in [0.2, 0.25) is 0 Å². The normalized spacial score (nSPS) is 44.6. The number of piperidine rings is 1. The van der Waals surface area contributed by atoms with E-state index < -0.39 is 18.0 Å². The van der Waals surface area contributed by atoms with Gasteiger partial charge in [-0.2, -0.15) is 13.2 Å². The highest BCUT2D eigenvalue weighted by atomic mass is 19.4. The molecular weight excluding hydrogens is 291 g/mol. The van der Waals surface area contributed by atoms with Gasteiger partial charge in [-0.05, 0) is 38.3 Å². The molecule has 0 aromatic heterocycles. The van der Waals surface area contributed by atoms with E-state index in [9.17, 15) is 13.2 Å². The molecule has 2 bridgehead atoms. The molecule has 3 nitrogen and oxygen atoms in total. The van der Waals surface area contributed by atoms with Crippen LogP contribution >= 0.6 is 0 Å². The van der Waals surface area contributed by atoms with E-state index in [0.29, 0.717) is 24.6 Å². The molecule has 2 saturated heterocycles. The number of dihydropyridines is 1. The summed E-state index contributed by atoms with van der Waals surface area (Å²) in [6, 6.07) is 0.652. The fourth-order valence-electron chi connectivity index (χ4n) is 4.62. The van der Waals surface area contributed by atoms with Gasteiger partial charge in [-0.1, -0.05) is 12.5 Å². The molecule has 22 heavy (non-hydrogen) atoms. The number of hydrogen-bond donors (Lipinski definition) is 1. The van der Waals surface area contributed by atoms with E-state index in [0.717, 1.165) is 19.5 Å². The number of hydrogen-bond acceptors (Lipinski definition) is 3. The fraction of sp³-hybridized carbons (Fsp3) is 0.812. The number of aliphatic imine (C=N–C) groups is 1. The Balaban J connectivity index is 1.56. The van der Waals surface area contributed by atoms with E-state index in [-0.39, 0.29) is 18.6 Å². The lowest BCUT2D eigenvalue weighted by molar-refractivity contribution is -0.177. The second kappa shape index (κ2) is 5.34. The average molecular weight is 313 g/mol. The van der Waals surface area contributed by atoms with Crippen molar-refractivity contribution in [2.24, 2.45) is 16.8 Å². The molecule has 0 aromatic rings. The maximum absolute atomic E-state index is 13.2. The van der Waals surface area contributed by atoms with E-state index in [2.05, 4.69) is 16.3 Å². The molecule has 1 saturated carbocycles. The van der Waals surface area contributed by atoms with Crippen molar-refractivity contribution in [1.82, 2.24) is 10.2 Å². The minimum absolute atomic E-state index is 0.0615. The van der Waals surface area contributed by atoms with Gasteiger partial charge in [-0.3, -0.25) is 15.2 Å². The van der Waals surface area contributed by atoms with Crippen molar-refractivity contribution in [2.75, 3.05) is 13.1 Å². The molecule has 4 unspecified atom stereocenters. The lowest BCUT2D eigenvalue weighted by Crippen LogP contribution is -2.64. The van der Waals surface area contributed by atoms with Crippen molar-refractivity contribution in [3.8, 4) is 0 Å². The molecular formula is C16H22F3N3. The lowest BCUT2D eigenvalue weighted by Gasteiger charge is -2.47. The van der Waals surface area contributed by atoms with Crippen molar-refractivity contribution in [2.45, 2.75) is 56.5 Å². The summed E-state index contributed by atoms with van der Waals surface area (Å²) in [5, 5.41) is 3.53. The van der Waals surface area contributed by atoms with Crippen LogP contribution in [0.4, 0.5) is 13.2 Å². The van der Waals surface area contributed by atoms with Crippen LogP contribution in [0.25, 0.3) is 0 Å². The van der Waals surface area contributed by atoms with Crippen molar-refractivity contribution in [1.29, 1.82) is 0 Å². The van der Waals surface area contributed by atoms with E-state index in [1.165, 1.54) is 6.42 Å². The van der Waals surface area contributed by atoms with Gasteiger partial charge in [0.2, 0.25) is 0 Å². The summed E-state index contributed by atoms with van der Waals surface area (Å²) in [5.74, 6) is -1.66. The van der Waals surface area contributed by atoms with Gasteiger partial charge < -0.3 is 0 Å². The van der Waals surface area contributed by atoms with Gasteiger partial charge in [-0.15, -0.1) is 0 Å². The lowest BCUT2D eigenvalue weighted by atomic mass is 9.87. The molecule has 0 amide bonds. The van der Waals surface area contributed by atoms with Crippen LogP contribution in [0.3, 0.4) is 0 Å². The molecule has 3 fully saturated rings. The number of nitrogens with one attached hydrogen (secondary N) is 1. The molecule has 3 heterocycles. The first-order valence-corrected chi connectivity index (χ1v) is 8.35. The summed E-state index contributed by atoms with van der Waals surface area (Å²) < 4.78 is 39.6. The number of piperazine rings is 1. The zero-order valence-corrected chi connectivity index (χ0v) is 12.5. The Morgan fingerprint density at radius 1 is 1.18 bits per heavy atom. The van der Waals surface area contributed by atoms with Gasteiger partial charge in [-0.25, -0.2) is 0 Å². The van der Waals surface area contributed by atoms with Crippen LogP contribution in [0.1, 0.15) is 32.1 Å². The van der Waals surface area contributed by atoms with Crippen LogP contribution < -0.4 is 5.32 Å². The molecule has 0 radical (unpaired) electrons. The highest BCUT2D eigenvalue weighted by Gasteiger charge is 2.49. The van der Waals surface area contributed by atoms with Gasteiger partial charge in [0.1, 0.15) is 6.17 Å². The Bertz CT molecular complexity index is 499. The third-order valence-electron chi connectivity index (χ3n) is 5.67. The summed E-state index contributed by atoms with van der Waals surface area (Å²) in [6.07, 6.45) is 3.61. The molecule has 122 valence electrons. The van der Waals surface area contributed by atoms with E-state index in [4.69, 9.17) is 4.99 Å². The number of fused-ring (bicyclic) bond motifs is 4. The molecule has 4 rings (SSSR count). The third-order valence-corrected chi connectivity index (χ3v) is 5.67. The summed E-state index contributed by atoms with van der Waals surface area (Å²) in [5.41, 5.74) is 0.662. The molecule has 0 spiro atoms. The Kier molecular flexibility index (Phi) is 3.57. The van der Waals surface area contributed by atoms with Crippen molar-refractivity contribution >= 4 is 5.71 Å². The predicted octanol–water partition coefficient (Wildman–Crippen LogP) is 2.74. The Morgan fingerprint density at radius 2 is 2.05 bits per heavy atom. The van der Waals surface area contributed by atoms with Crippen LogP contribution in [-0.2, 0) is 0 Å². The van der Waals surface area contributed by atoms with Gasteiger partial charge in [0.15, 0.2) is 0 Å². The number of halogens is 3. The number of rotatable bonds is 1. The van der Waals surface area contributed by atoms with E-state index in [1.807, 2.05) is 6.08 Å². The Hall–Kier alpha value is -0.880. The number of alkyl halides is 3. The van der Waals surface area contributed by atoms with Crippen LogP contribution in [0.5, 0.6) is 0 Å². The fourth-order valence-corrected chi connectivity index (χ4v) is 4.62. The third kappa shape index (κ3) is 2.50. The zero-order chi connectivity index (χ0) is 15.3.